The summed E-state index contributed by atoms with van der Waals surface area (Å²) in [6.07, 6.45) is 6.48. The van der Waals surface area contributed by atoms with Gasteiger partial charge in [0, 0.05) is 26.2 Å². The van der Waals surface area contributed by atoms with Gasteiger partial charge in [-0.05, 0) is 18.9 Å². The number of rotatable bonds is 9. The fourth-order valence-corrected chi connectivity index (χ4v) is 2.22. The summed E-state index contributed by atoms with van der Waals surface area (Å²) in [7, 11) is 1.78. The average Bonchev–Trinajstić information content (AvgIpc) is 2.71. The van der Waals surface area contributed by atoms with Gasteiger partial charge in [-0.1, -0.05) is 30.9 Å². The van der Waals surface area contributed by atoms with E-state index in [1.807, 2.05) is 0 Å². The van der Waals surface area contributed by atoms with Crippen molar-refractivity contribution in [2.75, 3.05) is 6.54 Å². The van der Waals surface area contributed by atoms with Crippen molar-refractivity contribution < 1.29 is 14.7 Å². The molecule has 6 heteroatoms. The monoisotopic (exact) mass is 300 g/mol. The highest BCUT2D eigenvalue weighted by atomic mass is 35.5. The van der Waals surface area contributed by atoms with Crippen molar-refractivity contribution in [2.45, 2.75) is 38.5 Å². The molecular formula is C14H21ClN2O3. The summed E-state index contributed by atoms with van der Waals surface area (Å²) in [4.78, 5) is 22.1. The Kier molecular flexibility index (Phi) is 7.15. The number of carbonyl (C=O) groups excluding carboxylic acids is 1. The van der Waals surface area contributed by atoms with Crippen molar-refractivity contribution in [2.24, 2.45) is 7.05 Å². The van der Waals surface area contributed by atoms with Crippen LogP contribution in [0.5, 0.6) is 0 Å². The van der Waals surface area contributed by atoms with Crippen LogP contribution in [0.15, 0.2) is 12.3 Å². The van der Waals surface area contributed by atoms with Gasteiger partial charge in [-0.25, -0.2) is 0 Å². The van der Waals surface area contributed by atoms with E-state index < -0.39 is 5.97 Å². The second-order valence-corrected chi connectivity index (χ2v) is 5.26. The first-order valence-corrected chi connectivity index (χ1v) is 7.20. The van der Waals surface area contributed by atoms with Gasteiger partial charge in [0.1, 0.15) is 5.69 Å². The van der Waals surface area contributed by atoms with Crippen molar-refractivity contribution in [1.29, 1.82) is 0 Å². The molecule has 0 unspecified atom stereocenters. The lowest BCUT2D eigenvalue weighted by Gasteiger charge is -2.05. The van der Waals surface area contributed by atoms with Gasteiger partial charge in [0.25, 0.3) is 5.91 Å². The zero-order valence-electron chi connectivity index (χ0n) is 11.7. The lowest BCUT2D eigenvalue weighted by molar-refractivity contribution is -0.137. The summed E-state index contributed by atoms with van der Waals surface area (Å²) in [6.45, 7) is 0.626. The Morgan fingerprint density at radius 2 is 1.90 bits per heavy atom. The molecule has 1 amide bonds. The third-order valence-electron chi connectivity index (χ3n) is 3.06. The van der Waals surface area contributed by atoms with Gasteiger partial charge in [0.05, 0.1) is 5.02 Å². The molecule has 20 heavy (non-hydrogen) atoms. The van der Waals surface area contributed by atoms with Gasteiger partial charge in [-0.3, -0.25) is 9.59 Å². The molecule has 0 spiro atoms. The number of aryl methyl sites for hydroxylation is 1. The number of carbonyl (C=O) groups is 2. The lowest BCUT2D eigenvalue weighted by atomic mass is 10.1. The Morgan fingerprint density at radius 1 is 1.25 bits per heavy atom. The number of hydrogen-bond donors (Lipinski definition) is 2. The Morgan fingerprint density at radius 3 is 2.50 bits per heavy atom. The minimum atomic E-state index is -0.738. The van der Waals surface area contributed by atoms with E-state index in [1.165, 1.54) is 0 Å². The van der Waals surface area contributed by atoms with Gasteiger partial charge in [-0.2, -0.15) is 0 Å². The van der Waals surface area contributed by atoms with Crippen molar-refractivity contribution in [1.82, 2.24) is 9.88 Å². The molecule has 0 fully saturated rings. The molecule has 0 bridgehead atoms. The van der Waals surface area contributed by atoms with Crippen LogP contribution >= 0.6 is 11.6 Å². The molecule has 0 aromatic carbocycles. The second kappa shape index (κ2) is 8.64. The maximum absolute atomic E-state index is 11.8. The van der Waals surface area contributed by atoms with E-state index in [0.29, 0.717) is 17.3 Å². The van der Waals surface area contributed by atoms with Gasteiger partial charge in [-0.15, -0.1) is 0 Å². The zero-order valence-corrected chi connectivity index (χ0v) is 12.4. The van der Waals surface area contributed by atoms with E-state index in [2.05, 4.69) is 5.32 Å². The summed E-state index contributed by atoms with van der Waals surface area (Å²) in [6, 6.07) is 1.64. The predicted molar refractivity (Wildman–Crippen MR) is 78.1 cm³/mol. The normalized spacial score (nSPS) is 10.5. The van der Waals surface area contributed by atoms with E-state index in [0.717, 1.165) is 32.1 Å². The largest absolute Gasteiger partial charge is 0.481 e. The summed E-state index contributed by atoms with van der Waals surface area (Å²) in [5, 5.41) is 11.9. The Labute approximate surface area is 123 Å². The number of nitrogens with one attached hydrogen (secondary N) is 1. The molecule has 0 radical (unpaired) electrons. The molecule has 2 N–H and O–H groups in total. The van der Waals surface area contributed by atoms with Crippen LogP contribution in [-0.4, -0.2) is 28.1 Å². The van der Waals surface area contributed by atoms with Crippen LogP contribution in [0.25, 0.3) is 0 Å². The molecule has 1 rings (SSSR count). The van der Waals surface area contributed by atoms with Crippen molar-refractivity contribution in [3.63, 3.8) is 0 Å². The smallest absolute Gasteiger partial charge is 0.303 e. The van der Waals surface area contributed by atoms with Crippen LogP contribution in [0.1, 0.15) is 49.0 Å². The molecule has 0 aliphatic carbocycles. The number of halogens is 1. The standard InChI is InChI=1S/C14H21ClN2O3/c1-17-10-11(15)9-12(17)14(20)16-8-6-4-2-3-5-7-13(18)19/h9-10H,2-8H2,1H3,(H,16,20)(H,18,19). The number of unbranched alkanes of at least 4 members (excludes halogenated alkanes) is 4. The quantitative estimate of drug-likeness (QED) is 0.689. The predicted octanol–water partition coefficient (Wildman–Crippen LogP) is 2.83. The fraction of sp³-hybridized carbons (Fsp3) is 0.571. The maximum atomic E-state index is 11.8. The van der Waals surface area contributed by atoms with E-state index in [-0.39, 0.29) is 12.3 Å². The minimum absolute atomic E-state index is 0.120. The molecule has 0 saturated carbocycles. The Bertz CT molecular complexity index is 457. The highest BCUT2D eigenvalue weighted by Crippen LogP contribution is 2.12. The molecule has 0 aliphatic rings. The SMILES string of the molecule is Cn1cc(Cl)cc1C(=O)NCCCCCCCC(=O)O. The van der Waals surface area contributed by atoms with Crippen LogP contribution < -0.4 is 5.32 Å². The summed E-state index contributed by atoms with van der Waals surface area (Å²) < 4.78 is 1.70. The highest BCUT2D eigenvalue weighted by Gasteiger charge is 2.09. The number of nitrogens with zero attached hydrogens (tertiary/aromatic N) is 1. The summed E-state index contributed by atoms with van der Waals surface area (Å²) in [5.41, 5.74) is 0.552. The van der Waals surface area contributed by atoms with Crippen LogP contribution in [-0.2, 0) is 11.8 Å². The minimum Gasteiger partial charge on any atom is -0.481 e. The molecule has 1 heterocycles. The third-order valence-corrected chi connectivity index (χ3v) is 3.26. The molecule has 112 valence electrons. The number of carboxylic acids is 1. The van der Waals surface area contributed by atoms with Gasteiger partial charge in [0.15, 0.2) is 0 Å². The summed E-state index contributed by atoms with van der Waals surface area (Å²) in [5.74, 6) is -0.858. The first-order valence-electron chi connectivity index (χ1n) is 6.82. The molecule has 0 atom stereocenters. The number of amides is 1. The third kappa shape index (κ3) is 6.10. The second-order valence-electron chi connectivity index (χ2n) is 4.82. The summed E-state index contributed by atoms with van der Waals surface area (Å²) >= 11 is 5.82. The average molecular weight is 301 g/mol. The van der Waals surface area contributed by atoms with E-state index in [1.54, 1.807) is 23.9 Å². The van der Waals surface area contributed by atoms with Gasteiger partial charge < -0.3 is 15.0 Å². The number of hydrogen-bond acceptors (Lipinski definition) is 2. The molecule has 1 aromatic rings. The maximum Gasteiger partial charge on any atom is 0.303 e. The van der Waals surface area contributed by atoms with Crippen LogP contribution in [0.3, 0.4) is 0 Å². The van der Waals surface area contributed by atoms with E-state index in [4.69, 9.17) is 16.7 Å². The molecule has 0 aliphatic heterocycles. The number of aliphatic carboxylic acids is 1. The lowest BCUT2D eigenvalue weighted by Crippen LogP contribution is -2.26. The molecule has 5 nitrogen and oxygen atoms in total. The molecule has 0 saturated heterocycles. The Balaban J connectivity index is 2.08. The fourth-order valence-electron chi connectivity index (χ4n) is 1.97. The molecule has 1 aromatic heterocycles. The first-order chi connectivity index (χ1) is 9.50. The highest BCUT2D eigenvalue weighted by molar-refractivity contribution is 6.31. The number of carboxylic acid groups (broad SMARTS) is 1. The van der Waals surface area contributed by atoms with Crippen molar-refractivity contribution in [3.05, 3.63) is 23.0 Å². The van der Waals surface area contributed by atoms with E-state index in [9.17, 15) is 9.59 Å². The van der Waals surface area contributed by atoms with Crippen LogP contribution in [0.4, 0.5) is 0 Å². The molecular weight excluding hydrogens is 280 g/mol. The van der Waals surface area contributed by atoms with E-state index >= 15 is 0 Å². The van der Waals surface area contributed by atoms with Crippen LogP contribution in [0.2, 0.25) is 5.02 Å². The van der Waals surface area contributed by atoms with Gasteiger partial charge >= 0.3 is 5.97 Å². The van der Waals surface area contributed by atoms with Crippen LogP contribution in [0, 0.1) is 0 Å². The number of aromatic nitrogens is 1. The van der Waals surface area contributed by atoms with Crippen molar-refractivity contribution in [3.8, 4) is 0 Å². The topological polar surface area (TPSA) is 71.3 Å². The first kappa shape index (κ1) is 16.6. The zero-order chi connectivity index (χ0) is 15.0. The Hall–Kier alpha value is -1.49. The van der Waals surface area contributed by atoms with Gasteiger partial charge in [0.2, 0.25) is 0 Å². The van der Waals surface area contributed by atoms with Crippen molar-refractivity contribution >= 4 is 23.5 Å².